The standard InChI is InChI=1S/C30H33F2N3O4S/c1-2-17-34(40(38,39)26-11-4-3-5-12-26)22-29(36)35(21-23-9-8-10-24(31)20-23)25-15-18-33(19-16-25)30(37)27-13-6-7-14-28(27)32/h3-14,20,25H,2,15-19,21-22H2,1H3. The van der Waals surface area contributed by atoms with Crippen LogP contribution in [0.15, 0.2) is 83.8 Å². The molecular weight excluding hydrogens is 536 g/mol. The third kappa shape index (κ3) is 6.92. The molecule has 1 aliphatic rings. The maximum Gasteiger partial charge on any atom is 0.256 e. The quantitative estimate of drug-likeness (QED) is 0.355. The normalized spacial score (nSPS) is 14.3. The average Bonchev–Trinajstić information content (AvgIpc) is 2.96. The molecule has 40 heavy (non-hydrogen) atoms. The van der Waals surface area contributed by atoms with Crippen LogP contribution >= 0.6 is 0 Å². The predicted octanol–water partition coefficient (Wildman–Crippen LogP) is 4.70. The van der Waals surface area contributed by atoms with Gasteiger partial charge in [0.15, 0.2) is 0 Å². The Balaban J connectivity index is 1.54. The highest BCUT2D eigenvalue weighted by Gasteiger charge is 2.33. The second kappa shape index (κ2) is 13.1. The molecule has 0 bridgehead atoms. The molecule has 0 spiro atoms. The number of carbonyl (C=O) groups is 2. The fraction of sp³-hybridized carbons (Fsp3) is 0.333. The summed E-state index contributed by atoms with van der Waals surface area (Å²) < 4.78 is 56.1. The highest BCUT2D eigenvalue weighted by atomic mass is 32.2. The molecule has 0 unspecified atom stereocenters. The van der Waals surface area contributed by atoms with Crippen molar-refractivity contribution in [1.29, 1.82) is 0 Å². The van der Waals surface area contributed by atoms with Crippen molar-refractivity contribution in [3.8, 4) is 0 Å². The number of sulfonamides is 1. The predicted molar refractivity (Wildman–Crippen MR) is 148 cm³/mol. The number of benzene rings is 3. The molecule has 4 rings (SSSR count). The number of hydrogen-bond donors (Lipinski definition) is 0. The highest BCUT2D eigenvalue weighted by Crippen LogP contribution is 2.23. The number of carbonyl (C=O) groups excluding carboxylic acids is 2. The summed E-state index contributed by atoms with van der Waals surface area (Å²) in [6, 6.07) is 19.4. The van der Waals surface area contributed by atoms with Gasteiger partial charge in [-0.05, 0) is 61.2 Å². The van der Waals surface area contributed by atoms with Gasteiger partial charge in [-0.3, -0.25) is 9.59 Å². The first-order chi connectivity index (χ1) is 19.2. The van der Waals surface area contributed by atoms with E-state index in [-0.39, 0.29) is 36.1 Å². The van der Waals surface area contributed by atoms with Crippen molar-refractivity contribution in [3.63, 3.8) is 0 Å². The van der Waals surface area contributed by atoms with E-state index in [0.717, 1.165) is 0 Å². The lowest BCUT2D eigenvalue weighted by atomic mass is 10.0. The van der Waals surface area contributed by atoms with Crippen LogP contribution in [0.25, 0.3) is 0 Å². The van der Waals surface area contributed by atoms with Gasteiger partial charge in [-0.15, -0.1) is 0 Å². The Labute approximate surface area is 234 Å². The van der Waals surface area contributed by atoms with Gasteiger partial charge >= 0.3 is 0 Å². The minimum Gasteiger partial charge on any atom is -0.338 e. The Kier molecular flexibility index (Phi) is 9.65. The fourth-order valence-corrected chi connectivity index (χ4v) is 6.46. The molecule has 1 heterocycles. The molecule has 1 saturated heterocycles. The summed E-state index contributed by atoms with van der Waals surface area (Å²) in [5.41, 5.74) is 0.570. The molecule has 3 aromatic rings. The van der Waals surface area contributed by atoms with E-state index >= 15 is 0 Å². The first-order valence-electron chi connectivity index (χ1n) is 13.3. The van der Waals surface area contributed by atoms with Crippen molar-refractivity contribution in [3.05, 3.63) is 102 Å². The summed E-state index contributed by atoms with van der Waals surface area (Å²) in [4.78, 5) is 29.9. The van der Waals surface area contributed by atoms with Crippen molar-refractivity contribution in [2.24, 2.45) is 0 Å². The van der Waals surface area contributed by atoms with Gasteiger partial charge in [0.05, 0.1) is 17.0 Å². The Morgan fingerprint density at radius 3 is 2.25 bits per heavy atom. The van der Waals surface area contributed by atoms with Crippen molar-refractivity contribution in [2.45, 2.75) is 43.7 Å². The minimum absolute atomic E-state index is 0.00466. The zero-order valence-electron chi connectivity index (χ0n) is 22.4. The first kappa shape index (κ1) is 29.4. The molecule has 0 N–H and O–H groups in total. The maximum absolute atomic E-state index is 14.2. The van der Waals surface area contributed by atoms with E-state index in [2.05, 4.69) is 0 Å². The molecule has 3 aromatic carbocycles. The lowest BCUT2D eigenvalue weighted by Crippen LogP contribution is -2.51. The number of likely N-dealkylation sites (tertiary alicyclic amines) is 1. The third-order valence-corrected chi connectivity index (χ3v) is 8.88. The summed E-state index contributed by atoms with van der Waals surface area (Å²) in [5, 5.41) is 0. The summed E-state index contributed by atoms with van der Waals surface area (Å²) in [6.07, 6.45) is 1.35. The molecule has 2 amide bonds. The second-order valence-electron chi connectivity index (χ2n) is 9.81. The minimum atomic E-state index is -3.92. The van der Waals surface area contributed by atoms with Crippen LogP contribution in [0.4, 0.5) is 8.78 Å². The van der Waals surface area contributed by atoms with Crippen LogP contribution in [-0.4, -0.2) is 66.6 Å². The van der Waals surface area contributed by atoms with Gasteiger partial charge in [0.25, 0.3) is 5.91 Å². The molecule has 0 radical (unpaired) electrons. The van der Waals surface area contributed by atoms with Crippen LogP contribution < -0.4 is 0 Å². The van der Waals surface area contributed by atoms with E-state index in [1.165, 1.54) is 46.8 Å². The number of rotatable bonds is 10. The second-order valence-corrected chi connectivity index (χ2v) is 11.7. The van der Waals surface area contributed by atoms with Crippen LogP contribution in [0.1, 0.15) is 42.1 Å². The lowest BCUT2D eigenvalue weighted by Gasteiger charge is -2.39. The fourth-order valence-electron chi connectivity index (χ4n) is 4.96. The molecule has 10 heteroatoms. The smallest absolute Gasteiger partial charge is 0.256 e. The van der Waals surface area contributed by atoms with Crippen molar-refractivity contribution >= 4 is 21.8 Å². The van der Waals surface area contributed by atoms with Crippen LogP contribution in [0.5, 0.6) is 0 Å². The van der Waals surface area contributed by atoms with Crippen molar-refractivity contribution < 1.29 is 26.8 Å². The summed E-state index contributed by atoms with van der Waals surface area (Å²) >= 11 is 0. The van der Waals surface area contributed by atoms with E-state index in [4.69, 9.17) is 0 Å². The zero-order chi connectivity index (χ0) is 28.7. The van der Waals surface area contributed by atoms with Gasteiger partial charge in [-0.1, -0.05) is 49.4 Å². The first-order valence-corrected chi connectivity index (χ1v) is 14.8. The Morgan fingerprint density at radius 1 is 0.925 bits per heavy atom. The molecule has 0 aliphatic carbocycles. The number of hydrogen-bond acceptors (Lipinski definition) is 4. The highest BCUT2D eigenvalue weighted by molar-refractivity contribution is 7.89. The van der Waals surface area contributed by atoms with Gasteiger partial charge in [0.2, 0.25) is 15.9 Å². The molecule has 0 saturated carbocycles. The average molecular weight is 570 g/mol. The topological polar surface area (TPSA) is 78.0 Å². The monoisotopic (exact) mass is 569 g/mol. The van der Waals surface area contributed by atoms with Gasteiger partial charge in [-0.2, -0.15) is 4.31 Å². The van der Waals surface area contributed by atoms with Crippen molar-refractivity contribution in [1.82, 2.24) is 14.1 Å². The SMILES string of the molecule is CCCN(CC(=O)N(Cc1cccc(F)c1)C1CCN(C(=O)c2ccccc2F)CC1)S(=O)(=O)c1ccccc1. The van der Waals surface area contributed by atoms with Crippen LogP contribution in [-0.2, 0) is 21.4 Å². The van der Waals surface area contributed by atoms with E-state index < -0.39 is 33.5 Å². The Morgan fingerprint density at radius 2 is 1.60 bits per heavy atom. The van der Waals surface area contributed by atoms with Gasteiger partial charge in [-0.25, -0.2) is 17.2 Å². The van der Waals surface area contributed by atoms with E-state index in [1.807, 2.05) is 6.92 Å². The molecule has 0 aromatic heterocycles. The largest absolute Gasteiger partial charge is 0.338 e. The van der Waals surface area contributed by atoms with E-state index in [1.54, 1.807) is 46.2 Å². The zero-order valence-corrected chi connectivity index (χ0v) is 23.2. The van der Waals surface area contributed by atoms with Crippen LogP contribution in [0, 0.1) is 11.6 Å². The third-order valence-electron chi connectivity index (χ3n) is 7.02. The van der Waals surface area contributed by atoms with Gasteiger partial charge in [0, 0.05) is 32.2 Å². The Bertz CT molecular complexity index is 1430. The number of halogens is 2. The Hall–Kier alpha value is -3.63. The molecule has 1 fully saturated rings. The maximum atomic E-state index is 14.2. The molecule has 0 atom stereocenters. The number of nitrogens with zero attached hydrogens (tertiary/aromatic N) is 3. The van der Waals surface area contributed by atoms with Crippen LogP contribution in [0.2, 0.25) is 0 Å². The summed E-state index contributed by atoms with van der Waals surface area (Å²) in [5.74, 6) is -1.85. The summed E-state index contributed by atoms with van der Waals surface area (Å²) in [6.45, 7) is 2.32. The van der Waals surface area contributed by atoms with Gasteiger partial charge < -0.3 is 9.80 Å². The molecule has 1 aliphatic heterocycles. The molecule has 7 nitrogen and oxygen atoms in total. The van der Waals surface area contributed by atoms with Crippen molar-refractivity contribution in [2.75, 3.05) is 26.2 Å². The van der Waals surface area contributed by atoms with E-state index in [0.29, 0.717) is 37.9 Å². The number of piperidine rings is 1. The molecular formula is C30H33F2N3O4S. The summed E-state index contributed by atoms with van der Waals surface area (Å²) in [7, 11) is -3.92. The van der Waals surface area contributed by atoms with Gasteiger partial charge in [0.1, 0.15) is 11.6 Å². The molecule has 212 valence electrons. The van der Waals surface area contributed by atoms with E-state index in [9.17, 15) is 26.8 Å². The lowest BCUT2D eigenvalue weighted by molar-refractivity contribution is -0.135. The number of amides is 2. The van der Waals surface area contributed by atoms with Crippen LogP contribution in [0.3, 0.4) is 0 Å².